The number of Topliss-reactive ketones (excluding diaryl/α,β-unsaturated/α-hetero) is 2. The van der Waals surface area contributed by atoms with Gasteiger partial charge in [0.1, 0.15) is 102 Å². The molecule has 0 aromatic heterocycles. The van der Waals surface area contributed by atoms with E-state index >= 15 is 24.0 Å². The maximum Gasteiger partial charge on any atom is 0.410 e. The fourth-order valence-corrected chi connectivity index (χ4v) is 14.6. The summed E-state index contributed by atoms with van der Waals surface area (Å²) in [7, 11) is 2.74. The van der Waals surface area contributed by atoms with Gasteiger partial charge in [-0.3, -0.25) is 38.5 Å². The molecule has 6 aromatic rings. The first-order valence-electron chi connectivity index (χ1n) is 35.7. The molecule has 11 bridgehead atoms. The molecule has 0 aliphatic carbocycles. The number of carbonyl (C=O) groups excluding carboxylic acids is 8. The van der Waals surface area contributed by atoms with E-state index in [2.05, 4.69) is 21.3 Å². The first-order valence-corrected chi connectivity index (χ1v) is 36.4. The fraction of sp³-hybridized carbons (Fsp3) is 0.416. The van der Waals surface area contributed by atoms with Crippen LogP contribution in [0.1, 0.15) is 123 Å². The SMILES string of the molecule is COc1ccc(COC(=O)N(C)[C@H](CC(C)C)C(=O)N[C@H]2C(=O)C[C@@H](CC(N)=O)C(=O)N[C@H]3C(=O)C[C@H]4C(=O)NC(C(=O)N[C@@H](C(=O)O)c5cc(O)cc(O)c5-c5cc4ccc5O)C(O[C@H]4C[C@](C)(N)[C@@H](O)[C@H](C)O4)c4ccc(c(Cl)c4)Oc4cc3cc(c4OC3O[C@H](CO)[C@@H](O)[C@H](O)[C@H]3O)Oc3ccc(cc3Cl)[C@H]2O)cc1. The normalized spacial score (nSPS) is 27.6. The van der Waals surface area contributed by atoms with Crippen LogP contribution in [0.2, 0.25) is 10.0 Å². The van der Waals surface area contributed by atoms with Crippen LogP contribution >= 0.6 is 23.2 Å². The van der Waals surface area contributed by atoms with Crippen LogP contribution in [-0.4, -0.2) is 203 Å². The second-order valence-electron chi connectivity index (χ2n) is 29.0. The van der Waals surface area contributed by atoms with Gasteiger partial charge in [-0.1, -0.05) is 67.4 Å². The van der Waals surface area contributed by atoms with Crippen molar-refractivity contribution in [1.29, 1.82) is 0 Å². The number of aliphatic hydroxyl groups is 6. The quantitative estimate of drug-likeness (QED) is 0.0647. The van der Waals surface area contributed by atoms with Crippen molar-refractivity contribution in [1.82, 2.24) is 26.2 Å². The number of methoxy groups -OCH3 is 1. The number of ether oxygens (including phenoxy) is 8. The van der Waals surface area contributed by atoms with Gasteiger partial charge in [-0.05, 0) is 121 Å². The highest BCUT2D eigenvalue weighted by atomic mass is 35.5. The summed E-state index contributed by atoms with van der Waals surface area (Å²) in [6.45, 7) is 5.18. The van der Waals surface area contributed by atoms with Crippen LogP contribution in [0.4, 0.5) is 4.79 Å². The van der Waals surface area contributed by atoms with E-state index in [1.165, 1.54) is 58.3 Å². The second kappa shape index (κ2) is 34.5. The zero-order chi connectivity index (χ0) is 82.1. The monoisotopic (exact) mass is 1610 g/mol. The number of carbonyl (C=O) groups is 9. The van der Waals surface area contributed by atoms with Crippen LogP contribution in [0.3, 0.4) is 0 Å². The van der Waals surface area contributed by atoms with Crippen molar-refractivity contribution in [2.75, 3.05) is 20.8 Å². The van der Waals surface area contributed by atoms with E-state index in [4.69, 9.17) is 72.6 Å². The number of halogens is 2. The van der Waals surface area contributed by atoms with E-state index in [1.807, 2.05) is 0 Å². The van der Waals surface area contributed by atoms with E-state index in [-0.39, 0.29) is 53.6 Å². The highest BCUT2D eigenvalue weighted by Gasteiger charge is 2.49. The van der Waals surface area contributed by atoms with Gasteiger partial charge in [0.05, 0.1) is 47.8 Å². The van der Waals surface area contributed by atoms with Gasteiger partial charge in [-0.2, -0.15) is 0 Å². The number of fused-ring (bicyclic) bond motifs is 15. The summed E-state index contributed by atoms with van der Waals surface area (Å²) in [5, 5.41) is 123. The molecule has 0 spiro atoms. The first-order chi connectivity index (χ1) is 53.4. The standard InChI is InChI=1S/C77H85Cl2N7O27/c1-31(2)17-46(86(5)76(105)107-30-33-7-12-40(106-6)13-8-33)72(101)84-61-49(91)21-38(24-56(80)93)70(99)82-59-37-22-53(109-51-15-10-35(63(61)94)19-44(51)78)68(113-75-66(97)65(96)64(95)55(29-87)111-75)54(23-37)110-52-16-11-36(20-45(52)79)67(112-57-28-77(4,81)69(98)32(3)108-57)62-73(102)83-60(74(103)104)43-25-39(88)26-48(90)58(43)42-18-34(9-14-47(42)89)41(27-50(59)92)71(100)85-62/h7-16,18-20,22-23,25-26,31-32,38,41,46,55,57,59-67,69,75,87-90,94-98H,17,21,24,27-30,81H2,1-6H3,(H2,80,93)(H,82,99)(H,83,102)(H,84,101)(H,85,100)(H,103,104)/t32-,38-,41+,46+,55+,57-,59+,60+,61-,62?,63+,64+,65-,66+,67?,69-,75?,77-/m0/s1. The molecule has 604 valence electrons. The van der Waals surface area contributed by atoms with Crippen LogP contribution in [0.15, 0.2) is 103 Å². The summed E-state index contributed by atoms with van der Waals surface area (Å²) in [4.78, 5) is 136. The Balaban J connectivity index is 1.12. The molecule has 7 aliphatic heterocycles. The molecule has 34 nitrogen and oxygen atoms in total. The molecule has 6 aromatic carbocycles. The number of aliphatic carboxylic acids is 1. The number of aliphatic hydroxyl groups excluding tert-OH is 6. The topological polar surface area (TPSA) is 533 Å². The van der Waals surface area contributed by atoms with Crippen LogP contribution in [0, 0.1) is 11.8 Å². The predicted octanol–water partition coefficient (Wildman–Crippen LogP) is 4.14. The number of nitrogens with two attached hydrogens (primary N) is 2. The molecule has 2 fully saturated rings. The zero-order valence-electron chi connectivity index (χ0n) is 61.4. The Morgan fingerprint density at radius 2 is 1.38 bits per heavy atom. The molecule has 2 saturated heterocycles. The molecule has 18 N–H and O–H groups in total. The van der Waals surface area contributed by atoms with E-state index in [9.17, 15) is 70.2 Å². The lowest BCUT2D eigenvalue weighted by Gasteiger charge is -2.44. The summed E-state index contributed by atoms with van der Waals surface area (Å²) in [5.74, 6) is -19.3. The Labute approximate surface area is 654 Å². The molecule has 3 unspecified atom stereocenters. The third kappa shape index (κ3) is 18.3. The number of hydrogen-bond acceptors (Lipinski definition) is 27. The lowest BCUT2D eigenvalue weighted by atomic mass is 9.84. The van der Waals surface area contributed by atoms with Crippen molar-refractivity contribution in [3.8, 4) is 62.9 Å². The number of ketones is 2. The van der Waals surface area contributed by atoms with Gasteiger partial charge in [0, 0.05) is 61.0 Å². The lowest BCUT2D eigenvalue weighted by molar-refractivity contribution is -0.277. The van der Waals surface area contributed by atoms with Crippen LogP contribution in [0.5, 0.6) is 51.7 Å². The lowest BCUT2D eigenvalue weighted by Crippen LogP contribution is -2.61. The summed E-state index contributed by atoms with van der Waals surface area (Å²) < 4.78 is 49.1. The highest BCUT2D eigenvalue weighted by Crippen LogP contribution is 2.51. The Morgan fingerprint density at radius 3 is 1.99 bits per heavy atom. The Hall–Kier alpha value is -10.5. The van der Waals surface area contributed by atoms with Crippen molar-refractivity contribution in [2.45, 2.75) is 169 Å². The number of likely N-dealkylation sites (N-methyl/N-ethyl adjacent to an activating group) is 1. The number of rotatable bonds is 16. The minimum atomic E-state index is -2.28. The summed E-state index contributed by atoms with van der Waals surface area (Å²) in [5.41, 5.74) is 8.99. The predicted molar refractivity (Wildman–Crippen MR) is 394 cm³/mol. The van der Waals surface area contributed by atoms with Crippen molar-refractivity contribution in [3.05, 3.63) is 147 Å². The molecule has 7 heterocycles. The Morgan fingerprint density at radius 1 is 0.735 bits per heavy atom. The van der Waals surface area contributed by atoms with E-state index in [0.29, 0.717) is 11.3 Å². The molecule has 0 radical (unpaired) electrons. The zero-order valence-corrected chi connectivity index (χ0v) is 62.9. The van der Waals surface area contributed by atoms with Crippen molar-refractivity contribution < 1.29 is 132 Å². The van der Waals surface area contributed by atoms with Gasteiger partial charge in [0.2, 0.25) is 41.6 Å². The molecular formula is C77H85Cl2N7O27. The summed E-state index contributed by atoms with van der Waals surface area (Å²) in [6.07, 6.45) is -22.7. The van der Waals surface area contributed by atoms with Gasteiger partial charge in [0.15, 0.2) is 35.4 Å². The minimum absolute atomic E-state index is 0.0703. The van der Waals surface area contributed by atoms with Crippen LogP contribution in [0.25, 0.3) is 11.1 Å². The second-order valence-corrected chi connectivity index (χ2v) is 29.8. The molecule has 7 aliphatic rings. The fourth-order valence-electron chi connectivity index (χ4n) is 14.2. The van der Waals surface area contributed by atoms with E-state index in [0.717, 1.165) is 53.4 Å². The van der Waals surface area contributed by atoms with Gasteiger partial charge >= 0.3 is 12.1 Å². The number of nitrogens with one attached hydrogen (secondary N) is 4. The molecule has 113 heavy (non-hydrogen) atoms. The average molecular weight is 1610 g/mol. The van der Waals surface area contributed by atoms with Crippen molar-refractivity contribution in [2.24, 2.45) is 23.3 Å². The molecule has 36 heteroatoms. The molecule has 0 saturated carbocycles. The third-order valence-corrected chi connectivity index (χ3v) is 20.8. The van der Waals surface area contributed by atoms with Gasteiger partial charge < -0.3 is 122 Å². The summed E-state index contributed by atoms with van der Waals surface area (Å²) >= 11 is 14.4. The van der Waals surface area contributed by atoms with Gasteiger partial charge in [-0.25, -0.2) is 9.59 Å². The number of amides is 6. The smallest absolute Gasteiger partial charge is 0.410 e. The molecular weight excluding hydrogens is 1530 g/mol. The number of phenols is 3. The number of phenolic OH excluding ortho intramolecular Hbond substituents is 3. The first kappa shape index (κ1) is 83.5. The van der Waals surface area contributed by atoms with Gasteiger partial charge in [-0.15, -0.1) is 0 Å². The number of carboxylic acid groups (broad SMARTS) is 1. The maximum atomic E-state index is 16.4. The average Bonchev–Trinajstić information content (AvgIpc) is 0.768. The number of primary amides is 1. The number of hydrogen-bond donors (Lipinski definition) is 16. The molecule has 18 atom stereocenters. The highest BCUT2D eigenvalue weighted by molar-refractivity contribution is 6.32. The minimum Gasteiger partial charge on any atom is -0.508 e. The van der Waals surface area contributed by atoms with E-state index in [1.54, 1.807) is 38.1 Å². The van der Waals surface area contributed by atoms with Crippen LogP contribution < -0.4 is 51.7 Å². The Kier molecular flexibility index (Phi) is 25.5. The third-order valence-electron chi connectivity index (χ3n) is 20.3. The molecule has 13 rings (SSSR count). The van der Waals surface area contributed by atoms with Crippen LogP contribution in [-0.2, 0) is 63.9 Å². The molecule has 6 amide bonds. The van der Waals surface area contributed by atoms with Crippen molar-refractivity contribution in [3.63, 3.8) is 0 Å². The maximum absolute atomic E-state index is 16.4. The van der Waals surface area contributed by atoms with E-state index < -0.39 is 255 Å². The Bertz CT molecular complexity index is 4660. The summed E-state index contributed by atoms with van der Waals surface area (Å²) in [6, 6.07) is 10.3. The number of carboxylic acids is 1. The number of benzene rings is 6. The number of nitrogens with zero attached hydrogens (tertiary/aromatic N) is 1. The largest absolute Gasteiger partial charge is 0.508 e. The number of aromatic hydroxyl groups is 3. The van der Waals surface area contributed by atoms with Gasteiger partial charge in [0.25, 0.3) is 0 Å². The van der Waals surface area contributed by atoms with Crippen molar-refractivity contribution >= 4 is 76.4 Å².